The highest BCUT2D eigenvalue weighted by Gasteiger charge is 2.21. The number of ether oxygens (including phenoxy) is 1. The van der Waals surface area contributed by atoms with E-state index in [1.165, 1.54) is 0 Å². The molecule has 110 valence electrons. The van der Waals surface area contributed by atoms with Gasteiger partial charge < -0.3 is 19.9 Å². The molecule has 5 nitrogen and oxygen atoms in total. The summed E-state index contributed by atoms with van der Waals surface area (Å²) in [6, 6.07) is 6.94. The molecule has 2 amide bonds. The molecule has 0 aromatic heterocycles. The number of amides is 2. The molecule has 1 atom stereocenters. The van der Waals surface area contributed by atoms with Crippen LogP contribution in [0.3, 0.4) is 0 Å². The molecule has 1 unspecified atom stereocenters. The first-order valence-electron chi connectivity index (χ1n) is 6.62. The molecular weight excluding hydrogens is 278 g/mol. The van der Waals surface area contributed by atoms with E-state index < -0.39 is 0 Å². The van der Waals surface area contributed by atoms with Gasteiger partial charge in [-0.25, -0.2) is 4.79 Å². The van der Waals surface area contributed by atoms with Crippen molar-refractivity contribution in [3.63, 3.8) is 0 Å². The van der Waals surface area contributed by atoms with E-state index in [0.29, 0.717) is 23.9 Å². The standard InChI is InChI=1S/C14H20ClN3O2/c1-17-6-7-20-13(9-17)10-18(2)14(19)16-12-5-3-4-11(15)8-12/h3-5,8,13H,6-7,9-10H2,1-2H3,(H,16,19). The van der Waals surface area contributed by atoms with Crippen LogP contribution in [-0.4, -0.2) is 62.3 Å². The van der Waals surface area contributed by atoms with Crippen LogP contribution in [-0.2, 0) is 4.74 Å². The van der Waals surface area contributed by atoms with E-state index in [-0.39, 0.29) is 12.1 Å². The molecule has 1 aliphatic rings. The SMILES string of the molecule is CN1CCOC(CN(C)C(=O)Nc2cccc(Cl)c2)C1. The van der Waals surface area contributed by atoms with Crippen LogP contribution in [0.5, 0.6) is 0 Å². The maximum Gasteiger partial charge on any atom is 0.321 e. The second kappa shape index (κ2) is 6.92. The predicted octanol–water partition coefficient (Wildman–Crippen LogP) is 2.13. The summed E-state index contributed by atoms with van der Waals surface area (Å²) in [5.74, 6) is 0. The molecule has 20 heavy (non-hydrogen) atoms. The van der Waals surface area contributed by atoms with Crippen LogP contribution in [0.4, 0.5) is 10.5 Å². The number of halogens is 1. The zero-order valence-electron chi connectivity index (χ0n) is 11.8. The first kappa shape index (κ1) is 15.1. The molecule has 1 fully saturated rings. The highest BCUT2D eigenvalue weighted by molar-refractivity contribution is 6.30. The van der Waals surface area contributed by atoms with Gasteiger partial charge in [-0.15, -0.1) is 0 Å². The number of benzene rings is 1. The van der Waals surface area contributed by atoms with Gasteiger partial charge in [0.1, 0.15) is 0 Å². The highest BCUT2D eigenvalue weighted by atomic mass is 35.5. The number of nitrogens with one attached hydrogen (secondary N) is 1. The summed E-state index contributed by atoms with van der Waals surface area (Å²) in [5.41, 5.74) is 0.691. The van der Waals surface area contributed by atoms with E-state index in [4.69, 9.17) is 16.3 Å². The van der Waals surface area contributed by atoms with Gasteiger partial charge >= 0.3 is 6.03 Å². The van der Waals surface area contributed by atoms with E-state index in [0.717, 1.165) is 13.1 Å². The lowest BCUT2D eigenvalue weighted by Gasteiger charge is -2.32. The number of likely N-dealkylation sites (N-methyl/N-ethyl adjacent to an activating group) is 2. The molecule has 1 aromatic carbocycles. The van der Waals surface area contributed by atoms with Crippen molar-refractivity contribution in [2.75, 3.05) is 45.7 Å². The first-order chi connectivity index (χ1) is 9.54. The van der Waals surface area contributed by atoms with Crippen molar-refractivity contribution in [1.82, 2.24) is 9.80 Å². The van der Waals surface area contributed by atoms with Gasteiger partial charge in [0.05, 0.1) is 12.7 Å². The molecule has 0 spiro atoms. The van der Waals surface area contributed by atoms with Crippen molar-refractivity contribution in [2.45, 2.75) is 6.10 Å². The quantitative estimate of drug-likeness (QED) is 0.929. The lowest BCUT2D eigenvalue weighted by molar-refractivity contribution is -0.0276. The molecule has 1 aliphatic heterocycles. The maximum atomic E-state index is 12.1. The molecule has 0 aliphatic carbocycles. The number of carbonyl (C=O) groups is 1. The summed E-state index contributed by atoms with van der Waals surface area (Å²) in [4.78, 5) is 15.9. The fourth-order valence-corrected chi connectivity index (χ4v) is 2.34. The topological polar surface area (TPSA) is 44.8 Å². The Morgan fingerprint density at radius 3 is 3.10 bits per heavy atom. The Morgan fingerprint density at radius 2 is 2.40 bits per heavy atom. The Kier molecular flexibility index (Phi) is 5.23. The molecule has 1 heterocycles. The van der Waals surface area contributed by atoms with Gasteiger partial charge in [0.25, 0.3) is 0 Å². The van der Waals surface area contributed by atoms with Crippen LogP contribution >= 0.6 is 11.6 Å². The monoisotopic (exact) mass is 297 g/mol. The van der Waals surface area contributed by atoms with Crippen molar-refractivity contribution in [3.8, 4) is 0 Å². The van der Waals surface area contributed by atoms with Gasteiger partial charge in [0, 0.05) is 37.4 Å². The van der Waals surface area contributed by atoms with Crippen LogP contribution in [0.15, 0.2) is 24.3 Å². The minimum atomic E-state index is -0.163. The lowest BCUT2D eigenvalue weighted by Crippen LogP contribution is -2.47. The van der Waals surface area contributed by atoms with Crippen LogP contribution in [0, 0.1) is 0 Å². The van der Waals surface area contributed by atoms with Crippen molar-refractivity contribution in [3.05, 3.63) is 29.3 Å². The normalized spacial score (nSPS) is 19.6. The number of hydrogen-bond acceptors (Lipinski definition) is 3. The molecule has 6 heteroatoms. The van der Waals surface area contributed by atoms with Crippen molar-refractivity contribution in [2.24, 2.45) is 0 Å². The number of morpholine rings is 1. The Morgan fingerprint density at radius 1 is 1.60 bits per heavy atom. The highest BCUT2D eigenvalue weighted by Crippen LogP contribution is 2.15. The zero-order chi connectivity index (χ0) is 14.5. The fourth-order valence-electron chi connectivity index (χ4n) is 2.15. The lowest BCUT2D eigenvalue weighted by atomic mass is 10.2. The van der Waals surface area contributed by atoms with Crippen LogP contribution < -0.4 is 5.32 Å². The van der Waals surface area contributed by atoms with Gasteiger partial charge in [-0.1, -0.05) is 17.7 Å². The summed E-state index contributed by atoms with van der Waals surface area (Å²) < 4.78 is 5.65. The smallest absolute Gasteiger partial charge is 0.321 e. The van der Waals surface area contributed by atoms with Gasteiger partial charge in [-0.2, -0.15) is 0 Å². The predicted molar refractivity (Wildman–Crippen MR) is 80.3 cm³/mol. The number of rotatable bonds is 3. The van der Waals surface area contributed by atoms with E-state index in [2.05, 4.69) is 17.3 Å². The number of carbonyl (C=O) groups excluding carboxylic acids is 1. The minimum absolute atomic E-state index is 0.0591. The van der Waals surface area contributed by atoms with Gasteiger partial charge in [0.2, 0.25) is 0 Å². The van der Waals surface area contributed by atoms with E-state index in [9.17, 15) is 4.79 Å². The van der Waals surface area contributed by atoms with Crippen LogP contribution in [0.25, 0.3) is 0 Å². The molecule has 0 bridgehead atoms. The second-order valence-corrected chi connectivity index (χ2v) is 5.51. The van der Waals surface area contributed by atoms with Gasteiger partial charge in [-0.3, -0.25) is 0 Å². The third kappa shape index (κ3) is 4.37. The maximum absolute atomic E-state index is 12.1. The van der Waals surface area contributed by atoms with Crippen LogP contribution in [0.1, 0.15) is 0 Å². The molecule has 0 radical (unpaired) electrons. The Labute approximate surface area is 124 Å². The third-order valence-electron chi connectivity index (χ3n) is 3.24. The average molecular weight is 298 g/mol. The first-order valence-corrected chi connectivity index (χ1v) is 7.00. The van der Waals surface area contributed by atoms with E-state index in [1.807, 2.05) is 6.07 Å². The molecule has 0 saturated carbocycles. The minimum Gasteiger partial charge on any atom is -0.374 e. The van der Waals surface area contributed by atoms with Crippen molar-refractivity contribution in [1.29, 1.82) is 0 Å². The molecule has 2 rings (SSSR count). The summed E-state index contributed by atoms with van der Waals surface area (Å²) in [7, 11) is 3.82. The summed E-state index contributed by atoms with van der Waals surface area (Å²) >= 11 is 5.89. The summed E-state index contributed by atoms with van der Waals surface area (Å²) in [5, 5.41) is 3.42. The van der Waals surface area contributed by atoms with E-state index >= 15 is 0 Å². The molecular formula is C14H20ClN3O2. The number of nitrogens with zero attached hydrogens (tertiary/aromatic N) is 2. The Balaban J connectivity index is 1.85. The summed E-state index contributed by atoms with van der Waals surface area (Å²) in [6.07, 6.45) is 0.0591. The third-order valence-corrected chi connectivity index (χ3v) is 3.48. The average Bonchev–Trinajstić information content (AvgIpc) is 2.38. The van der Waals surface area contributed by atoms with Crippen LogP contribution in [0.2, 0.25) is 5.02 Å². The Hall–Kier alpha value is -1.30. The van der Waals surface area contributed by atoms with Crippen molar-refractivity contribution < 1.29 is 9.53 Å². The summed E-state index contributed by atoms with van der Waals surface area (Å²) in [6.45, 7) is 3.06. The fraction of sp³-hybridized carbons (Fsp3) is 0.500. The number of urea groups is 1. The van der Waals surface area contributed by atoms with Gasteiger partial charge in [-0.05, 0) is 25.2 Å². The molecule has 1 N–H and O–H groups in total. The zero-order valence-corrected chi connectivity index (χ0v) is 12.6. The largest absolute Gasteiger partial charge is 0.374 e. The van der Waals surface area contributed by atoms with Gasteiger partial charge in [0.15, 0.2) is 0 Å². The second-order valence-electron chi connectivity index (χ2n) is 5.08. The number of hydrogen-bond donors (Lipinski definition) is 1. The van der Waals surface area contributed by atoms with Crippen molar-refractivity contribution >= 4 is 23.3 Å². The Bertz CT molecular complexity index is 469. The molecule has 1 saturated heterocycles. The number of anilines is 1. The molecule has 1 aromatic rings. The van der Waals surface area contributed by atoms with E-state index in [1.54, 1.807) is 30.1 Å².